The number of benzene rings is 1. The van der Waals surface area contributed by atoms with Crippen LogP contribution in [0.3, 0.4) is 0 Å². The van der Waals surface area contributed by atoms with E-state index in [1.807, 2.05) is 36.2 Å². The van der Waals surface area contributed by atoms with Gasteiger partial charge in [0.2, 0.25) is 5.89 Å². The van der Waals surface area contributed by atoms with Gasteiger partial charge in [0, 0.05) is 32.3 Å². The summed E-state index contributed by atoms with van der Waals surface area (Å²) in [5, 5.41) is 3.86. The monoisotopic (exact) mass is 330 g/mol. The van der Waals surface area contributed by atoms with Crippen molar-refractivity contribution in [1.29, 1.82) is 0 Å². The Bertz CT molecular complexity index is 715. The van der Waals surface area contributed by atoms with Crippen molar-refractivity contribution in [1.82, 2.24) is 19.9 Å². The molecule has 128 valence electrons. The van der Waals surface area contributed by atoms with Gasteiger partial charge in [-0.05, 0) is 25.6 Å². The van der Waals surface area contributed by atoms with Crippen LogP contribution in [0.15, 0.2) is 28.8 Å². The van der Waals surface area contributed by atoms with Crippen LogP contribution in [-0.4, -0.2) is 59.6 Å². The van der Waals surface area contributed by atoms with E-state index < -0.39 is 0 Å². The molecule has 0 spiro atoms. The van der Waals surface area contributed by atoms with Crippen LogP contribution >= 0.6 is 0 Å². The van der Waals surface area contributed by atoms with E-state index in [0.717, 1.165) is 12.1 Å². The number of nitrogens with zero attached hydrogens (tertiary/aromatic N) is 4. The molecule has 3 rings (SSSR count). The van der Waals surface area contributed by atoms with Gasteiger partial charge < -0.3 is 14.2 Å². The third-order valence-corrected chi connectivity index (χ3v) is 4.31. The third kappa shape index (κ3) is 3.32. The summed E-state index contributed by atoms with van der Waals surface area (Å²) in [5.41, 5.74) is 1.58. The minimum Gasteiger partial charge on any atom is -0.380 e. The lowest BCUT2D eigenvalue weighted by Gasteiger charge is -2.37. The van der Waals surface area contributed by atoms with Crippen molar-refractivity contribution in [3.63, 3.8) is 0 Å². The number of likely N-dealkylation sites (N-methyl/N-ethyl adjacent to an activating group) is 1. The standard InChI is InChI=1S/C17H22N4O3/c1-12-18-16(24-19-12)15-10-21(9-8-20(15)2)17(22)14-7-5-4-6-13(14)11-23-3/h4-7,15H,8-11H2,1-3H3/t15-/m1/s1. The summed E-state index contributed by atoms with van der Waals surface area (Å²) in [5.74, 6) is 1.17. The summed E-state index contributed by atoms with van der Waals surface area (Å²) in [6, 6.07) is 7.48. The van der Waals surface area contributed by atoms with Crippen LogP contribution in [0.25, 0.3) is 0 Å². The summed E-state index contributed by atoms with van der Waals surface area (Å²) < 4.78 is 10.5. The van der Waals surface area contributed by atoms with Gasteiger partial charge in [0.05, 0.1) is 6.61 Å². The molecule has 0 bridgehead atoms. The topological polar surface area (TPSA) is 71.7 Å². The van der Waals surface area contributed by atoms with E-state index in [-0.39, 0.29) is 11.9 Å². The van der Waals surface area contributed by atoms with Crippen LogP contribution in [0.2, 0.25) is 0 Å². The van der Waals surface area contributed by atoms with Crippen molar-refractivity contribution in [3.05, 3.63) is 47.1 Å². The first-order valence-electron chi connectivity index (χ1n) is 7.96. The molecule has 0 aliphatic carbocycles. The molecule has 1 amide bonds. The number of methoxy groups -OCH3 is 1. The number of hydrogen-bond acceptors (Lipinski definition) is 6. The molecular formula is C17H22N4O3. The predicted molar refractivity (Wildman–Crippen MR) is 87.5 cm³/mol. The van der Waals surface area contributed by atoms with Crippen LogP contribution in [0.1, 0.15) is 33.7 Å². The number of aryl methyl sites for hydroxylation is 1. The highest BCUT2D eigenvalue weighted by Crippen LogP contribution is 2.24. The van der Waals surface area contributed by atoms with Gasteiger partial charge in [-0.25, -0.2) is 0 Å². The van der Waals surface area contributed by atoms with E-state index in [0.29, 0.717) is 37.0 Å². The zero-order valence-corrected chi connectivity index (χ0v) is 14.2. The van der Waals surface area contributed by atoms with Gasteiger partial charge in [-0.1, -0.05) is 23.4 Å². The van der Waals surface area contributed by atoms with Gasteiger partial charge in [0.15, 0.2) is 5.82 Å². The van der Waals surface area contributed by atoms with Crippen LogP contribution in [0.4, 0.5) is 0 Å². The molecule has 1 aliphatic heterocycles. The maximum absolute atomic E-state index is 13.0. The number of carbonyl (C=O) groups excluding carboxylic acids is 1. The summed E-state index contributed by atoms with van der Waals surface area (Å²) >= 11 is 0. The first-order chi connectivity index (χ1) is 11.6. The van der Waals surface area contributed by atoms with Crippen molar-refractivity contribution in [3.8, 4) is 0 Å². The average Bonchev–Trinajstić information content (AvgIpc) is 3.02. The van der Waals surface area contributed by atoms with E-state index in [1.54, 1.807) is 14.0 Å². The van der Waals surface area contributed by atoms with E-state index >= 15 is 0 Å². The molecule has 1 aliphatic rings. The maximum Gasteiger partial charge on any atom is 0.254 e. The van der Waals surface area contributed by atoms with E-state index in [2.05, 4.69) is 15.0 Å². The molecular weight excluding hydrogens is 308 g/mol. The van der Waals surface area contributed by atoms with Crippen LogP contribution in [0.5, 0.6) is 0 Å². The number of carbonyl (C=O) groups is 1. The van der Waals surface area contributed by atoms with Crippen molar-refractivity contribution >= 4 is 5.91 Å². The largest absolute Gasteiger partial charge is 0.380 e. The smallest absolute Gasteiger partial charge is 0.254 e. The lowest BCUT2D eigenvalue weighted by atomic mass is 10.1. The molecule has 0 radical (unpaired) electrons. The lowest BCUT2D eigenvalue weighted by Crippen LogP contribution is -2.49. The summed E-state index contributed by atoms with van der Waals surface area (Å²) in [7, 11) is 3.63. The number of aromatic nitrogens is 2. The number of rotatable bonds is 4. The highest BCUT2D eigenvalue weighted by molar-refractivity contribution is 5.95. The van der Waals surface area contributed by atoms with Gasteiger partial charge in [0.1, 0.15) is 6.04 Å². The van der Waals surface area contributed by atoms with E-state index in [1.165, 1.54) is 0 Å². The molecule has 2 aromatic rings. The minimum absolute atomic E-state index is 0.0111. The van der Waals surface area contributed by atoms with Gasteiger partial charge in [-0.15, -0.1) is 0 Å². The Hall–Kier alpha value is -2.25. The number of piperazine rings is 1. The molecule has 2 heterocycles. The highest BCUT2D eigenvalue weighted by atomic mass is 16.5. The molecule has 7 heteroatoms. The molecule has 1 fully saturated rings. The van der Waals surface area contributed by atoms with E-state index in [4.69, 9.17) is 9.26 Å². The van der Waals surface area contributed by atoms with Gasteiger partial charge >= 0.3 is 0 Å². The average molecular weight is 330 g/mol. The zero-order valence-electron chi connectivity index (χ0n) is 14.2. The van der Waals surface area contributed by atoms with Crippen LogP contribution in [-0.2, 0) is 11.3 Å². The summed E-state index contributed by atoms with van der Waals surface area (Å²) in [6.45, 7) is 4.16. The van der Waals surface area contributed by atoms with Gasteiger partial charge in [-0.2, -0.15) is 4.98 Å². The molecule has 0 N–H and O–H groups in total. The second-order valence-electron chi connectivity index (χ2n) is 6.02. The summed E-state index contributed by atoms with van der Waals surface area (Å²) in [4.78, 5) is 21.3. The fourth-order valence-corrected chi connectivity index (χ4v) is 2.95. The first kappa shape index (κ1) is 16.6. The molecule has 7 nitrogen and oxygen atoms in total. The van der Waals surface area contributed by atoms with Gasteiger partial charge in [-0.3, -0.25) is 9.69 Å². The Balaban J connectivity index is 1.81. The maximum atomic E-state index is 13.0. The quantitative estimate of drug-likeness (QED) is 0.849. The van der Waals surface area contributed by atoms with Crippen molar-refractivity contribution < 1.29 is 14.1 Å². The van der Waals surface area contributed by atoms with Crippen molar-refractivity contribution in [2.45, 2.75) is 19.6 Å². The Morgan fingerprint density at radius 1 is 1.38 bits per heavy atom. The molecule has 24 heavy (non-hydrogen) atoms. The highest BCUT2D eigenvalue weighted by Gasteiger charge is 2.32. The second kappa shape index (κ2) is 7.11. The van der Waals surface area contributed by atoms with Crippen molar-refractivity contribution in [2.75, 3.05) is 33.8 Å². The fourth-order valence-electron chi connectivity index (χ4n) is 2.95. The predicted octanol–water partition coefficient (Wildman–Crippen LogP) is 1.65. The van der Waals surface area contributed by atoms with Crippen LogP contribution < -0.4 is 0 Å². The Morgan fingerprint density at radius 2 is 2.17 bits per heavy atom. The first-order valence-corrected chi connectivity index (χ1v) is 7.96. The Labute approximate surface area is 141 Å². The molecule has 1 aromatic heterocycles. The number of hydrogen-bond donors (Lipinski definition) is 0. The van der Waals surface area contributed by atoms with Crippen LogP contribution in [0, 0.1) is 6.92 Å². The number of amides is 1. The third-order valence-electron chi connectivity index (χ3n) is 4.31. The molecule has 0 saturated carbocycles. The Kier molecular flexibility index (Phi) is 4.92. The molecule has 1 aromatic carbocycles. The normalized spacial score (nSPS) is 18.8. The zero-order chi connectivity index (χ0) is 17.1. The summed E-state index contributed by atoms with van der Waals surface area (Å²) in [6.07, 6.45) is 0. The molecule has 1 atom stereocenters. The lowest BCUT2D eigenvalue weighted by molar-refractivity contribution is 0.0485. The number of ether oxygens (including phenoxy) is 1. The SMILES string of the molecule is COCc1ccccc1C(=O)N1CCN(C)[C@@H](c2nc(C)no2)C1. The van der Waals surface area contributed by atoms with Crippen molar-refractivity contribution in [2.24, 2.45) is 0 Å². The second-order valence-corrected chi connectivity index (χ2v) is 6.02. The fraction of sp³-hybridized carbons (Fsp3) is 0.471. The Morgan fingerprint density at radius 3 is 2.88 bits per heavy atom. The minimum atomic E-state index is -0.0847. The van der Waals surface area contributed by atoms with Gasteiger partial charge in [0.25, 0.3) is 5.91 Å². The molecule has 0 unspecified atom stereocenters. The van der Waals surface area contributed by atoms with E-state index in [9.17, 15) is 4.79 Å². The molecule has 1 saturated heterocycles.